The maximum absolute atomic E-state index is 11.9. The molecule has 1 aromatic carbocycles. The number of rotatable bonds is 3. The van der Waals surface area contributed by atoms with Gasteiger partial charge in [-0.25, -0.2) is 8.42 Å². The van der Waals surface area contributed by atoms with E-state index in [2.05, 4.69) is 46.9 Å². The molecule has 0 heterocycles. The molecular formula is C14H19IO2S. The number of halogens is 1. The molecule has 1 aromatic rings. The first kappa shape index (κ1) is 14.3. The highest BCUT2D eigenvalue weighted by Gasteiger charge is 2.30. The third kappa shape index (κ3) is 3.26. The van der Waals surface area contributed by atoms with Crippen LogP contribution in [-0.2, 0) is 9.84 Å². The van der Waals surface area contributed by atoms with Gasteiger partial charge in [0, 0.05) is 9.32 Å². The molecule has 0 unspecified atom stereocenters. The van der Waals surface area contributed by atoms with Gasteiger partial charge in [-0.1, -0.05) is 19.1 Å². The predicted molar refractivity (Wildman–Crippen MR) is 83.6 cm³/mol. The van der Waals surface area contributed by atoms with Crippen molar-refractivity contribution in [2.75, 3.05) is 5.75 Å². The second-order valence-corrected chi connectivity index (χ2v) is 8.80. The summed E-state index contributed by atoms with van der Waals surface area (Å²) >= 11 is 2.33. The van der Waals surface area contributed by atoms with Crippen LogP contribution >= 0.6 is 22.6 Å². The predicted octanol–water partition coefficient (Wildman–Crippen LogP) is 3.75. The summed E-state index contributed by atoms with van der Waals surface area (Å²) in [7, 11) is -2.84. The van der Waals surface area contributed by atoms with Crippen molar-refractivity contribution in [1.82, 2.24) is 0 Å². The van der Waals surface area contributed by atoms with Gasteiger partial charge in [-0.05, 0) is 71.9 Å². The minimum absolute atomic E-state index is 0.0958. The molecule has 0 atom stereocenters. The van der Waals surface area contributed by atoms with Crippen LogP contribution in [0.2, 0.25) is 0 Å². The molecule has 0 amide bonds. The van der Waals surface area contributed by atoms with Crippen LogP contribution in [0.3, 0.4) is 0 Å². The van der Waals surface area contributed by atoms with E-state index in [1.807, 2.05) is 0 Å². The van der Waals surface area contributed by atoms with E-state index in [-0.39, 0.29) is 11.0 Å². The monoisotopic (exact) mass is 378 g/mol. The minimum Gasteiger partial charge on any atom is -0.229 e. The number of benzene rings is 1. The number of sulfone groups is 1. The normalized spacial score (nSPS) is 25.0. The third-order valence-corrected chi connectivity index (χ3v) is 6.87. The molecule has 18 heavy (non-hydrogen) atoms. The van der Waals surface area contributed by atoms with Gasteiger partial charge < -0.3 is 0 Å². The molecule has 0 aliphatic heterocycles. The summed E-state index contributed by atoms with van der Waals surface area (Å²) in [6, 6.07) is 8.57. The average Bonchev–Trinajstić information content (AvgIpc) is 2.39. The molecule has 0 N–H and O–H groups in total. The molecule has 100 valence electrons. The Bertz CT molecular complexity index is 502. The Morgan fingerprint density at radius 2 is 1.89 bits per heavy atom. The Morgan fingerprint density at radius 3 is 2.44 bits per heavy atom. The van der Waals surface area contributed by atoms with Crippen molar-refractivity contribution in [2.45, 2.75) is 43.8 Å². The summed E-state index contributed by atoms with van der Waals surface area (Å²) in [6.45, 7) is 1.75. The van der Waals surface area contributed by atoms with Gasteiger partial charge in [-0.15, -0.1) is 0 Å². The van der Waals surface area contributed by atoms with E-state index in [4.69, 9.17) is 0 Å². The van der Waals surface area contributed by atoms with Gasteiger partial charge in [0.25, 0.3) is 0 Å². The molecule has 1 saturated carbocycles. The quantitative estimate of drug-likeness (QED) is 0.751. The lowest BCUT2D eigenvalue weighted by molar-refractivity contribution is 0.435. The van der Waals surface area contributed by atoms with Crippen molar-refractivity contribution in [3.8, 4) is 0 Å². The first-order valence-electron chi connectivity index (χ1n) is 6.50. The Hall–Kier alpha value is -0.100. The molecule has 1 aliphatic carbocycles. The van der Waals surface area contributed by atoms with E-state index in [0.717, 1.165) is 25.7 Å². The molecule has 1 aliphatic rings. The van der Waals surface area contributed by atoms with Crippen LogP contribution in [-0.4, -0.2) is 19.4 Å². The molecule has 1 fully saturated rings. The molecule has 2 nitrogen and oxygen atoms in total. The lowest BCUT2D eigenvalue weighted by atomic mass is 9.84. The van der Waals surface area contributed by atoms with Crippen LogP contribution in [0.4, 0.5) is 0 Å². The Balaban J connectivity index is 2.03. The zero-order valence-electron chi connectivity index (χ0n) is 10.6. The molecule has 0 saturated heterocycles. The SMILES string of the molecule is CCS(=O)(=O)C1CCC(c2cccc(I)c2)CC1. The lowest BCUT2D eigenvalue weighted by Gasteiger charge is -2.28. The van der Waals surface area contributed by atoms with Gasteiger partial charge in [0.1, 0.15) is 0 Å². The highest BCUT2D eigenvalue weighted by molar-refractivity contribution is 14.1. The number of hydrogen-bond donors (Lipinski definition) is 0. The molecular weight excluding hydrogens is 359 g/mol. The summed E-state index contributed by atoms with van der Waals surface area (Å²) < 4.78 is 25.0. The van der Waals surface area contributed by atoms with Crippen LogP contribution in [0, 0.1) is 3.57 Å². The van der Waals surface area contributed by atoms with Gasteiger partial charge >= 0.3 is 0 Å². The van der Waals surface area contributed by atoms with E-state index < -0.39 is 9.84 Å². The van der Waals surface area contributed by atoms with Crippen LogP contribution < -0.4 is 0 Å². The van der Waals surface area contributed by atoms with Crippen molar-refractivity contribution in [3.63, 3.8) is 0 Å². The number of hydrogen-bond acceptors (Lipinski definition) is 2. The van der Waals surface area contributed by atoms with Crippen molar-refractivity contribution >= 4 is 32.4 Å². The van der Waals surface area contributed by atoms with Crippen molar-refractivity contribution in [3.05, 3.63) is 33.4 Å². The van der Waals surface area contributed by atoms with Crippen LogP contribution in [0.25, 0.3) is 0 Å². The second kappa shape index (κ2) is 5.90. The van der Waals surface area contributed by atoms with Gasteiger partial charge in [-0.2, -0.15) is 0 Å². The first-order valence-corrected chi connectivity index (χ1v) is 9.29. The molecule has 0 bridgehead atoms. The van der Waals surface area contributed by atoms with Crippen LogP contribution in [0.15, 0.2) is 24.3 Å². The smallest absolute Gasteiger partial charge is 0.152 e. The summed E-state index contributed by atoms with van der Waals surface area (Å²) in [4.78, 5) is 0. The fourth-order valence-corrected chi connectivity index (χ4v) is 4.78. The summed E-state index contributed by atoms with van der Waals surface area (Å²) in [5, 5.41) is -0.0958. The Morgan fingerprint density at radius 1 is 1.22 bits per heavy atom. The summed E-state index contributed by atoms with van der Waals surface area (Å²) in [5.74, 6) is 0.828. The maximum Gasteiger partial charge on any atom is 0.152 e. The Kier molecular flexibility index (Phi) is 4.69. The highest BCUT2D eigenvalue weighted by atomic mass is 127. The van der Waals surface area contributed by atoms with Crippen molar-refractivity contribution in [2.24, 2.45) is 0 Å². The van der Waals surface area contributed by atoms with Gasteiger partial charge in [-0.3, -0.25) is 0 Å². The Labute approximate surface area is 123 Å². The van der Waals surface area contributed by atoms with E-state index in [1.54, 1.807) is 6.92 Å². The zero-order chi connectivity index (χ0) is 13.2. The maximum atomic E-state index is 11.9. The molecule has 0 aromatic heterocycles. The first-order chi connectivity index (χ1) is 8.53. The van der Waals surface area contributed by atoms with Crippen molar-refractivity contribution < 1.29 is 8.42 Å². The summed E-state index contributed by atoms with van der Waals surface area (Å²) in [6.07, 6.45) is 3.66. The van der Waals surface area contributed by atoms with Crippen LogP contribution in [0.1, 0.15) is 44.1 Å². The van der Waals surface area contributed by atoms with E-state index in [9.17, 15) is 8.42 Å². The largest absolute Gasteiger partial charge is 0.229 e. The lowest BCUT2D eigenvalue weighted by Crippen LogP contribution is -2.27. The fourth-order valence-electron chi connectivity index (χ4n) is 2.75. The third-order valence-electron chi connectivity index (χ3n) is 3.90. The molecule has 0 spiro atoms. The molecule has 0 radical (unpaired) electrons. The summed E-state index contributed by atoms with van der Waals surface area (Å²) in [5.41, 5.74) is 1.37. The second-order valence-electron chi connectivity index (χ2n) is 4.98. The minimum atomic E-state index is -2.84. The van der Waals surface area contributed by atoms with Crippen molar-refractivity contribution in [1.29, 1.82) is 0 Å². The van der Waals surface area contributed by atoms with E-state index >= 15 is 0 Å². The van der Waals surface area contributed by atoms with Gasteiger partial charge in [0.05, 0.1) is 5.25 Å². The average molecular weight is 378 g/mol. The molecule has 2 rings (SSSR count). The van der Waals surface area contributed by atoms with Gasteiger partial charge in [0.2, 0.25) is 0 Å². The zero-order valence-corrected chi connectivity index (χ0v) is 13.6. The molecule has 4 heteroatoms. The van der Waals surface area contributed by atoms with Crippen LogP contribution in [0.5, 0.6) is 0 Å². The van der Waals surface area contributed by atoms with E-state index in [0.29, 0.717) is 5.92 Å². The fraction of sp³-hybridized carbons (Fsp3) is 0.571. The van der Waals surface area contributed by atoms with Gasteiger partial charge in [0.15, 0.2) is 9.84 Å². The van der Waals surface area contributed by atoms with E-state index in [1.165, 1.54) is 9.13 Å². The topological polar surface area (TPSA) is 34.1 Å². The highest BCUT2D eigenvalue weighted by Crippen LogP contribution is 2.35. The standard InChI is InChI=1S/C14H19IO2S/c1-2-18(16,17)14-8-6-11(7-9-14)12-4-3-5-13(15)10-12/h3-5,10-11,14H,2,6-9H2,1H3.